The van der Waals surface area contributed by atoms with E-state index in [1.807, 2.05) is 43.4 Å². The van der Waals surface area contributed by atoms with Crippen molar-refractivity contribution in [1.82, 2.24) is 9.97 Å². The summed E-state index contributed by atoms with van der Waals surface area (Å²) in [5.41, 5.74) is 2.95. The van der Waals surface area contributed by atoms with Crippen molar-refractivity contribution in [2.24, 2.45) is 0 Å². The summed E-state index contributed by atoms with van der Waals surface area (Å²) >= 11 is 0. The molecule has 0 spiro atoms. The Hall–Kier alpha value is -2.82. The molecule has 5 heteroatoms. The van der Waals surface area contributed by atoms with Gasteiger partial charge in [-0.1, -0.05) is 18.2 Å². The Morgan fingerprint density at radius 2 is 1.78 bits per heavy atom. The van der Waals surface area contributed by atoms with Crippen LogP contribution in [-0.4, -0.2) is 30.2 Å². The van der Waals surface area contributed by atoms with Crippen LogP contribution >= 0.6 is 0 Å². The number of anilines is 1. The first-order valence-corrected chi connectivity index (χ1v) is 7.61. The van der Waals surface area contributed by atoms with Crippen molar-refractivity contribution in [2.45, 2.75) is 6.54 Å². The molecular weight excluding hydrogens is 290 g/mol. The molecule has 0 aliphatic carbocycles. The number of hydrogen-bond acceptors (Lipinski definition) is 5. The van der Waals surface area contributed by atoms with Gasteiger partial charge in [0, 0.05) is 13.6 Å². The second-order valence-corrected chi connectivity index (χ2v) is 5.55. The Bertz CT molecular complexity index is 851. The van der Waals surface area contributed by atoms with E-state index >= 15 is 0 Å². The Morgan fingerprint density at radius 1 is 1.00 bits per heavy atom. The van der Waals surface area contributed by atoms with Crippen molar-refractivity contribution < 1.29 is 9.47 Å². The van der Waals surface area contributed by atoms with Crippen molar-refractivity contribution in [3.8, 4) is 11.5 Å². The highest BCUT2D eigenvalue weighted by atomic mass is 16.6. The molecule has 23 heavy (non-hydrogen) atoms. The molecule has 0 saturated heterocycles. The van der Waals surface area contributed by atoms with Gasteiger partial charge in [-0.15, -0.1) is 0 Å². The monoisotopic (exact) mass is 307 g/mol. The van der Waals surface area contributed by atoms with E-state index in [-0.39, 0.29) is 0 Å². The van der Waals surface area contributed by atoms with E-state index in [0.717, 1.165) is 40.5 Å². The molecule has 2 heterocycles. The topological polar surface area (TPSA) is 47.5 Å². The van der Waals surface area contributed by atoms with Crippen molar-refractivity contribution in [1.29, 1.82) is 0 Å². The first kappa shape index (κ1) is 13.8. The van der Waals surface area contributed by atoms with Gasteiger partial charge in [-0.2, -0.15) is 0 Å². The standard InChI is InChI=1S/C18H17N3O2/c1-21(18-11-19-14-4-2-3-5-15(14)20-18)12-13-6-7-16-17(10-13)23-9-8-22-16/h2-7,10-11H,8-9,12H2,1H3. The van der Waals surface area contributed by atoms with Crippen LogP contribution in [0.1, 0.15) is 5.56 Å². The fourth-order valence-corrected chi connectivity index (χ4v) is 2.67. The maximum atomic E-state index is 5.64. The lowest BCUT2D eigenvalue weighted by Crippen LogP contribution is -2.19. The number of para-hydroxylation sites is 2. The van der Waals surface area contributed by atoms with Crippen LogP contribution in [0, 0.1) is 0 Å². The zero-order valence-corrected chi connectivity index (χ0v) is 12.9. The van der Waals surface area contributed by atoms with Gasteiger partial charge < -0.3 is 14.4 Å². The summed E-state index contributed by atoms with van der Waals surface area (Å²) in [7, 11) is 2.01. The van der Waals surface area contributed by atoms with E-state index in [9.17, 15) is 0 Å². The van der Waals surface area contributed by atoms with E-state index in [0.29, 0.717) is 13.2 Å². The molecule has 5 nitrogen and oxygen atoms in total. The second-order valence-electron chi connectivity index (χ2n) is 5.55. The normalized spacial score (nSPS) is 13.1. The van der Waals surface area contributed by atoms with Gasteiger partial charge in [0.25, 0.3) is 0 Å². The Kier molecular flexibility index (Phi) is 3.46. The minimum Gasteiger partial charge on any atom is -0.486 e. The third kappa shape index (κ3) is 2.77. The summed E-state index contributed by atoms with van der Waals surface area (Å²) in [6.07, 6.45) is 1.81. The summed E-state index contributed by atoms with van der Waals surface area (Å²) in [6, 6.07) is 13.9. The third-order valence-corrected chi connectivity index (χ3v) is 3.85. The van der Waals surface area contributed by atoms with Crippen LogP contribution < -0.4 is 14.4 Å². The smallest absolute Gasteiger partial charge is 0.161 e. The molecule has 4 rings (SSSR count). The van der Waals surface area contributed by atoms with E-state index in [1.54, 1.807) is 6.20 Å². The van der Waals surface area contributed by atoms with Crippen LogP contribution in [-0.2, 0) is 6.54 Å². The molecule has 0 saturated carbocycles. The molecule has 0 radical (unpaired) electrons. The Balaban J connectivity index is 1.57. The SMILES string of the molecule is CN(Cc1ccc2c(c1)OCCO2)c1cnc2ccccc2n1. The second kappa shape index (κ2) is 5.76. The first-order chi connectivity index (χ1) is 11.3. The van der Waals surface area contributed by atoms with Gasteiger partial charge in [0.05, 0.1) is 17.2 Å². The number of benzene rings is 2. The highest BCUT2D eigenvalue weighted by Crippen LogP contribution is 2.31. The van der Waals surface area contributed by atoms with Crippen LogP contribution in [0.25, 0.3) is 11.0 Å². The predicted octanol–water partition coefficient (Wildman–Crippen LogP) is 3.04. The highest BCUT2D eigenvalue weighted by molar-refractivity contribution is 5.75. The first-order valence-electron chi connectivity index (χ1n) is 7.61. The lowest BCUT2D eigenvalue weighted by Gasteiger charge is -2.21. The molecule has 2 aromatic carbocycles. The maximum absolute atomic E-state index is 5.64. The van der Waals surface area contributed by atoms with Gasteiger partial charge in [0.1, 0.15) is 19.0 Å². The van der Waals surface area contributed by atoms with Crippen LogP contribution in [0.4, 0.5) is 5.82 Å². The van der Waals surface area contributed by atoms with Crippen LogP contribution in [0.5, 0.6) is 11.5 Å². The number of hydrogen-bond donors (Lipinski definition) is 0. The summed E-state index contributed by atoms with van der Waals surface area (Å²) in [5, 5.41) is 0. The molecule has 0 N–H and O–H groups in total. The summed E-state index contributed by atoms with van der Waals surface area (Å²) in [5.74, 6) is 2.47. The number of ether oxygens (including phenoxy) is 2. The predicted molar refractivity (Wildman–Crippen MR) is 89.1 cm³/mol. The number of aromatic nitrogens is 2. The largest absolute Gasteiger partial charge is 0.486 e. The summed E-state index contributed by atoms with van der Waals surface area (Å²) in [4.78, 5) is 11.2. The van der Waals surface area contributed by atoms with Gasteiger partial charge >= 0.3 is 0 Å². The number of fused-ring (bicyclic) bond motifs is 2. The lowest BCUT2D eigenvalue weighted by molar-refractivity contribution is 0.171. The minimum absolute atomic E-state index is 0.600. The van der Waals surface area contributed by atoms with Crippen LogP contribution in [0.15, 0.2) is 48.7 Å². The van der Waals surface area contributed by atoms with Crippen molar-refractivity contribution >= 4 is 16.9 Å². The highest BCUT2D eigenvalue weighted by Gasteiger charge is 2.13. The molecule has 1 aliphatic rings. The quantitative estimate of drug-likeness (QED) is 0.744. The Morgan fingerprint density at radius 3 is 2.65 bits per heavy atom. The summed E-state index contributed by atoms with van der Waals surface area (Å²) < 4.78 is 11.2. The van der Waals surface area contributed by atoms with Gasteiger partial charge in [0.2, 0.25) is 0 Å². The molecule has 0 unspecified atom stereocenters. The zero-order chi connectivity index (χ0) is 15.6. The van der Waals surface area contributed by atoms with E-state index in [4.69, 9.17) is 9.47 Å². The van der Waals surface area contributed by atoms with Gasteiger partial charge in [0.15, 0.2) is 11.5 Å². The van der Waals surface area contributed by atoms with Crippen molar-refractivity contribution in [3.63, 3.8) is 0 Å². The molecule has 0 atom stereocenters. The molecule has 0 amide bonds. The summed E-state index contributed by atoms with van der Waals surface area (Å²) in [6.45, 7) is 1.94. The lowest BCUT2D eigenvalue weighted by atomic mass is 10.2. The van der Waals surface area contributed by atoms with Gasteiger partial charge in [-0.05, 0) is 29.8 Å². The average molecular weight is 307 g/mol. The molecule has 1 aliphatic heterocycles. The fourth-order valence-electron chi connectivity index (χ4n) is 2.67. The van der Waals surface area contributed by atoms with Gasteiger partial charge in [-0.25, -0.2) is 4.98 Å². The fraction of sp³-hybridized carbons (Fsp3) is 0.222. The number of nitrogens with zero attached hydrogens (tertiary/aromatic N) is 3. The molecule has 0 bridgehead atoms. The van der Waals surface area contributed by atoms with Gasteiger partial charge in [-0.3, -0.25) is 4.98 Å². The van der Waals surface area contributed by atoms with E-state index in [2.05, 4.69) is 20.9 Å². The molecular formula is C18H17N3O2. The maximum Gasteiger partial charge on any atom is 0.161 e. The van der Waals surface area contributed by atoms with Crippen molar-refractivity contribution in [3.05, 3.63) is 54.2 Å². The number of rotatable bonds is 3. The minimum atomic E-state index is 0.600. The average Bonchev–Trinajstić information content (AvgIpc) is 2.61. The van der Waals surface area contributed by atoms with E-state index < -0.39 is 0 Å². The van der Waals surface area contributed by atoms with Crippen LogP contribution in [0.2, 0.25) is 0 Å². The van der Waals surface area contributed by atoms with E-state index in [1.165, 1.54) is 0 Å². The van der Waals surface area contributed by atoms with Crippen LogP contribution in [0.3, 0.4) is 0 Å². The molecule has 0 fully saturated rings. The zero-order valence-electron chi connectivity index (χ0n) is 12.9. The Labute approximate surface area is 134 Å². The molecule has 1 aromatic heterocycles. The molecule has 3 aromatic rings. The van der Waals surface area contributed by atoms with Crippen molar-refractivity contribution in [2.75, 3.05) is 25.2 Å². The molecule has 116 valence electrons. The third-order valence-electron chi connectivity index (χ3n) is 3.85.